The average molecular weight is 449 g/mol. The lowest BCUT2D eigenvalue weighted by molar-refractivity contribution is -0.137. The minimum Gasteiger partial charge on any atom is -0.459 e. The van der Waals surface area contributed by atoms with Gasteiger partial charge in [-0.2, -0.15) is 13.2 Å². The van der Waals surface area contributed by atoms with Crippen molar-refractivity contribution in [2.24, 2.45) is 0 Å². The summed E-state index contributed by atoms with van der Waals surface area (Å²) in [6.07, 6.45) is 0.101. The summed E-state index contributed by atoms with van der Waals surface area (Å²) in [6, 6.07) is 1.59. The molecule has 0 amide bonds. The number of halogens is 3. The zero-order valence-corrected chi connectivity index (χ0v) is 18.1. The SMILES string of the molecule is C=C(/C=C\C(=C)N(C)CCOC)Nc1ncc(C(F)(F)F)c(-c2cc3c(o2)CCNC3)n1. The molecule has 0 spiro atoms. The van der Waals surface area contributed by atoms with Gasteiger partial charge in [0.25, 0.3) is 0 Å². The van der Waals surface area contributed by atoms with E-state index in [0.29, 0.717) is 49.8 Å². The van der Waals surface area contributed by atoms with Crippen LogP contribution >= 0.6 is 0 Å². The monoisotopic (exact) mass is 449 g/mol. The highest BCUT2D eigenvalue weighted by atomic mass is 19.4. The van der Waals surface area contributed by atoms with Crippen molar-refractivity contribution in [1.82, 2.24) is 20.2 Å². The molecule has 0 unspecified atom stereocenters. The summed E-state index contributed by atoms with van der Waals surface area (Å²) < 4.78 is 51.5. The van der Waals surface area contributed by atoms with E-state index >= 15 is 0 Å². The highest BCUT2D eigenvalue weighted by Crippen LogP contribution is 2.37. The average Bonchev–Trinajstić information content (AvgIpc) is 3.19. The Kier molecular flexibility index (Phi) is 7.37. The van der Waals surface area contributed by atoms with Crippen LogP contribution in [0.15, 0.2) is 53.4 Å². The Hall–Kier alpha value is -3.11. The molecule has 0 saturated carbocycles. The van der Waals surface area contributed by atoms with Crippen molar-refractivity contribution in [2.75, 3.05) is 39.2 Å². The largest absolute Gasteiger partial charge is 0.459 e. The first kappa shape index (κ1) is 23.6. The molecule has 1 aliphatic heterocycles. The molecule has 0 aromatic carbocycles. The van der Waals surface area contributed by atoms with E-state index in [2.05, 4.69) is 33.8 Å². The molecule has 0 aliphatic carbocycles. The predicted molar refractivity (Wildman–Crippen MR) is 116 cm³/mol. The summed E-state index contributed by atoms with van der Waals surface area (Å²) in [7, 11) is 3.48. The number of alkyl halides is 3. The van der Waals surface area contributed by atoms with Crippen LogP contribution < -0.4 is 10.6 Å². The fourth-order valence-corrected chi connectivity index (χ4v) is 3.09. The minimum absolute atomic E-state index is 0.0199. The second-order valence-electron chi connectivity index (χ2n) is 7.33. The van der Waals surface area contributed by atoms with Crippen molar-refractivity contribution < 1.29 is 22.3 Å². The molecule has 3 rings (SSSR count). The molecule has 32 heavy (non-hydrogen) atoms. The van der Waals surface area contributed by atoms with Gasteiger partial charge < -0.3 is 24.7 Å². The zero-order valence-electron chi connectivity index (χ0n) is 18.1. The van der Waals surface area contributed by atoms with Gasteiger partial charge in [-0.1, -0.05) is 13.2 Å². The Balaban J connectivity index is 1.80. The van der Waals surface area contributed by atoms with E-state index in [1.165, 1.54) is 0 Å². The first-order valence-corrected chi connectivity index (χ1v) is 9.99. The number of nitrogens with zero attached hydrogens (tertiary/aromatic N) is 3. The predicted octanol–water partition coefficient (Wildman–Crippen LogP) is 3.97. The van der Waals surface area contributed by atoms with Gasteiger partial charge in [-0.15, -0.1) is 0 Å². The van der Waals surface area contributed by atoms with Gasteiger partial charge in [-0.3, -0.25) is 0 Å². The van der Waals surface area contributed by atoms with Crippen LogP contribution in [0.25, 0.3) is 11.5 Å². The molecular formula is C22H26F3N5O2. The maximum absolute atomic E-state index is 13.6. The van der Waals surface area contributed by atoms with Crippen molar-refractivity contribution in [3.05, 3.63) is 65.9 Å². The quantitative estimate of drug-likeness (QED) is 0.561. The van der Waals surface area contributed by atoms with Crippen molar-refractivity contribution in [2.45, 2.75) is 19.1 Å². The first-order valence-electron chi connectivity index (χ1n) is 9.99. The van der Waals surface area contributed by atoms with Gasteiger partial charge in [0.15, 0.2) is 5.76 Å². The molecule has 0 atom stereocenters. The second kappa shape index (κ2) is 10.0. The molecule has 1 aliphatic rings. The van der Waals surface area contributed by atoms with Gasteiger partial charge in [0.2, 0.25) is 5.95 Å². The Labute approximate surface area is 184 Å². The van der Waals surface area contributed by atoms with E-state index in [1.807, 2.05) is 11.9 Å². The molecule has 3 heterocycles. The van der Waals surface area contributed by atoms with E-state index in [0.717, 1.165) is 11.8 Å². The molecule has 2 aromatic rings. The van der Waals surface area contributed by atoms with Crippen LogP contribution in [0.2, 0.25) is 0 Å². The summed E-state index contributed by atoms with van der Waals surface area (Å²) >= 11 is 0. The van der Waals surface area contributed by atoms with Crippen LogP contribution in [-0.4, -0.2) is 48.7 Å². The van der Waals surface area contributed by atoms with Gasteiger partial charge in [0.05, 0.1) is 6.61 Å². The molecular weight excluding hydrogens is 423 g/mol. The fraction of sp³-hybridized carbons (Fsp3) is 0.364. The van der Waals surface area contributed by atoms with E-state index in [9.17, 15) is 13.2 Å². The van der Waals surface area contributed by atoms with Crippen LogP contribution in [0.4, 0.5) is 19.1 Å². The third-order valence-corrected chi connectivity index (χ3v) is 4.94. The fourth-order valence-electron chi connectivity index (χ4n) is 3.09. The number of anilines is 1. The number of allylic oxidation sites excluding steroid dienone is 2. The number of nitrogens with one attached hydrogen (secondary N) is 2. The minimum atomic E-state index is -4.62. The molecule has 0 saturated heterocycles. The highest BCUT2D eigenvalue weighted by Gasteiger charge is 2.36. The molecule has 172 valence electrons. The van der Waals surface area contributed by atoms with Crippen molar-refractivity contribution in [3.63, 3.8) is 0 Å². The van der Waals surface area contributed by atoms with Crippen LogP contribution in [-0.2, 0) is 23.9 Å². The van der Waals surface area contributed by atoms with Gasteiger partial charge in [0.1, 0.15) is 17.0 Å². The number of hydrogen-bond donors (Lipinski definition) is 2. The highest BCUT2D eigenvalue weighted by molar-refractivity contribution is 5.61. The molecule has 10 heteroatoms. The lowest BCUT2D eigenvalue weighted by Crippen LogP contribution is -2.22. The number of likely N-dealkylation sites (N-methyl/N-ethyl adjacent to an activating group) is 1. The number of methoxy groups -OCH3 is 1. The van der Waals surface area contributed by atoms with Crippen molar-refractivity contribution in [3.8, 4) is 11.5 Å². The lowest BCUT2D eigenvalue weighted by atomic mass is 10.1. The Morgan fingerprint density at radius 3 is 2.84 bits per heavy atom. The first-order chi connectivity index (χ1) is 15.2. The number of ether oxygens (including phenoxy) is 1. The molecule has 0 fully saturated rings. The molecule has 2 aromatic heterocycles. The van der Waals surface area contributed by atoms with Crippen molar-refractivity contribution in [1.29, 1.82) is 0 Å². The normalized spacial score (nSPS) is 13.8. The van der Waals surface area contributed by atoms with Crippen molar-refractivity contribution >= 4 is 5.95 Å². The van der Waals surface area contributed by atoms with Gasteiger partial charge >= 0.3 is 6.18 Å². The zero-order chi connectivity index (χ0) is 23.3. The Morgan fingerprint density at radius 2 is 2.16 bits per heavy atom. The standard InChI is InChI=1S/C22H26F3N5O2/c1-14(5-6-15(2)30(3)9-10-31-4)28-21-27-13-17(22(23,24)25)20(29-21)19-11-16-12-26-8-7-18(16)32-19/h5-6,11,13,26H,1-2,7-10,12H2,3-4H3,(H,27,28,29)/b6-5-. The summed E-state index contributed by atoms with van der Waals surface area (Å²) in [4.78, 5) is 9.81. The van der Waals surface area contributed by atoms with E-state index in [1.54, 1.807) is 25.3 Å². The number of furan rings is 1. The third kappa shape index (κ3) is 5.77. The molecule has 2 N–H and O–H groups in total. The summed E-state index contributed by atoms with van der Waals surface area (Å²) in [5, 5.41) is 5.99. The molecule has 0 bridgehead atoms. The van der Waals surface area contributed by atoms with Gasteiger partial charge in [0, 0.05) is 63.4 Å². The van der Waals surface area contributed by atoms with E-state index < -0.39 is 11.7 Å². The number of fused-ring (bicyclic) bond motifs is 1. The van der Waals surface area contributed by atoms with Crippen LogP contribution in [0.3, 0.4) is 0 Å². The number of rotatable bonds is 9. The summed E-state index contributed by atoms with van der Waals surface area (Å²) in [5.74, 6) is 0.711. The maximum Gasteiger partial charge on any atom is 0.420 e. The Morgan fingerprint density at radius 1 is 1.38 bits per heavy atom. The van der Waals surface area contributed by atoms with E-state index in [4.69, 9.17) is 9.15 Å². The Bertz CT molecular complexity index is 990. The molecule has 7 nitrogen and oxygen atoms in total. The van der Waals surface area contributed by atoms with Gasteiger partial charge in [-0.05, 0) is 18.2 Å². The summed E-state index contributed by atoms with van der Waals surface area (Å²) in [6.45, 7) is 10.3. The molecule has 0 radical (unpaired) electrons. The van der Waals surface area contributed by atoms with Gasteiger partial charge in [-0.25, -0.2) is 9.97 Å². The third-order valence-electron chi connectivity index (χ3n) is 4.94. The second-order valence-corrected chi connectivity index (χ2v) is 7.33. The number of hydrogen-bond acceptors (Lipinski definition) is 7. The van der Waals surface area contributed by atoms with Crippen LogP contribution in [0.1, 0.15) is 16.9 Å². The number of aromatic nitrogens is 2. The topological polar surface area (TPSA) is 75.5 Å². The van der Waals surface area contributed by atoms with Crippen LogP contribution in [0, 0.1) is 0 Å². The lowest BCUT2D eigenvalue weighted by Gasteiger charge is -2.18. The van der Waals surface area contributed by atoms with E-state index in [-0.39, 0.29) is 17.4 Å². The smallest absolute Gasteiger partial charge is 0.420 e. The maximum atomic E-state index is 13.6. The summed E-state index contributed by atoms with van der Waals surface area (Å²) in [5.41, 5.74) is 0.658. The van der Waals surface area contributed by atoms with Crippen LogP contribution in [0.5, 0.6) is 0 Å².